The van der Waals surface area contributed by atoms with Crippen LogP contribution in [-0.4, -0.2) is 58.1 Å². The summed E-state index contributed by atoms with van der Waals surface area (Å²) in [7, 11) is 0. The SMILES string of the molecule is CC(C)CN1CCOC(Cn2cc(CCCCl)nn2)C1. The van der Waals surface area contributed by atoms with Gasteiger partial charge in [-0.1, -0.05) is 19.1 Å². The summed E-state index contributed by atoms with van der Waals surface area (Å²) in [5, 5.41) is 8.35. The van der Waals surface area contributed by atoms with Crippen LogP contribution in [0.15, 0.2) is 6.20 Å². The molecule has 0 aliphatic carbocycles. The second kappa shape index (κ2) is 7.96. The van der Waals surface area contributed by atoms with Crippen molar-refractivity contribution in [3.05, 3.63) is 11.9 Å². The van der Waals surface area contributed by atoms with E-state index in [1.54, 1.807) is 0 Å². The van der Waals surface area contributed by atoms with E-state index in [0.29, 0.717) is 11.8 Å². The molecular weight excluding hydrogens is 276 g/mol. The summed E-state index contributed by atoms with van der Waals surface area (Å²) in [6, 6.07) is 0. The molecule has 1 aliphatic heterocycles. The summed E-state index contributed by atoms with van der Waals surface area (Å²) in [4.78, 5) is 2.48. The van der Waals surface area contributed by atoms with E-state index in [4.69, 9.17) is 16.3 Å². The molecule has 0 bridgehead atoms. The Morgan fingerprint density at radius 3 is 3.10 bits per heavy atom. The highest BCUT2D eigenvalue weighted by Gasteiger charge is 2.21. The van der Waals surface area contributed by atoms with Crippen molar-refractivity contribution in [3.8, 4) is 0 Å². The first-order valence-electron chi connectivity index (χ1n) is 7.46. The molecule has 0 radical (unpaired) electrons. The van der Waals surface area contributed by atoms with Crippen LogP contribution >= 0.6 is 11.6 Å². The van der Waals surface area contributed by atoms with Gasteiger partial charge in [0.15, 0.2) is 0 Å². The first-order chi connectivity index (χ1) is 9.67. The number of nitrogens with zero attached hydrogens (tertiary/aromatic N) is 4. The van der Waals surface area contributed by atoms with Gasteiger partial charge in [-0.05, 0) is 18.8 Å². The Bertz CT molecular complexity index is 396. The van der Waals surface area contributed by atoms with Crippen LogP contribution in [0.2, 0.25) is 0 Å². The third-order valence-electron chi connectivity index (χ3n) is 3.39. The van der Waals surface area contributed by atoms with Crippen molar-refractivity contribution in [2.45, 2.75) is 39.3 Å². The Kier molecular flexibility index (Phi) is 6.26. The first-order valence-corrected chi connectivity index (χ1v) is 7.99. The van der Waals surface area contributed by atoms with Gasteiger partial charge in [0.25, 0.3) is 0 Å². The van der Waals surface area contributed by atoms with Crippen LogP contribution in [0.4, 0.5) is 0 Å². The van der Waals surface area contributed by atoms with Gasteiger partial charge in [-0.3, -0.25) is 4.90 Å². The Hall–Kier alpha value is -0.650. The van der Waals surface area contributed by atoms with E-state index < -0.39 is 0 Å². The predicted molar refractivity (Wildman–Crippen MR) is 80.1 cm³/mol. The van der Waals surface area contributed by atoms with Crippen molar-refractivity contribution in [2.75, 3.05) is 32.1 Å². The van der Waals surface area contributed by atoms with E-state index in [1.807, 2.05) is 10.9 Å². The highest BCUT2D eigenvalue weighted by atomic mass is 35.5. The molecule has 6 heteroatoms. The van der Waals surface area contributed by atoms with Crippen molar-refractivity contribution >= 4 is 11.6 Å². The van der Waals surface area contributed by atoms with Crippen LogP contribution < -0.4 is 0 Å². The molecule has 2 rings (SSSR count). The Balaban J connectivity index is 1.81. The predicted octanol–water partition coefficient (Wildman–Crippen LogP) is 1.81. The van der Waals surface area contributed by atoms with Crippen molar-refractivity contribution in [3.63, 3.8) is 0 Å². The summed E-state index contributed by atoms with van der Waals surface area (Å²) >= 11 is 5.69. The Morgan fingerprint density at radius 1 is 1.50 bits per heavy atom. The molecule has 0 spiro atoms. The molecule has 0 N–H and O–H groups in total. The number of halogens is 1. The average Bonchev–Trinajstić information content (AvgIpc) is 2.83. The van der Waals surface area contributed by atoms with Gasteiger partial charge in [0, 0.05) is 31.7 Å². The van der Waals surface area contributed by atoms with Crippen LogP contribution in [0.3, 0.4) is 0 Å². The van der Waals surface area contributed by atoms with E-state index in [2.05, 4.69) is 29.1 Å². The largest absolute Gasteiger partial charge is 0.374 e. The lowest BCUT2D eigenvalue weighted by atomic mass is 10.2. The van der Waals surface area contributed by atoms with E-state index in [-0.39, 0.29) is 6.10 Å². The van der Waals surface area contributed by atoms with E-state index in [1.165, 1.54) is 0 Å². The highest BCUT2D eigenvalue weighted by molar-refractivity contribution is 6.17. The summed E-state index contributed by atoms with van der Waals surface area (Å²) < 4.78 is 7.73. The molecule has 1 aromatic heterocycles. The minimum Gasteiger partial charge on any atom is -0.374 e. The fourth-order valence-corrected chi connectivity index (χ4v) is 2.71. The molecule has 5 nitrogen and oxygen atoms in total. The zero-order valence-electron chi connectivity index (χ0n) is 12.5. The number of hydrogen-bond acceptors (Lipinski definition) is 4. The fourth-order valence-electron chi connectivity index (χ4n) is 2.57. The van der Waals surface area contributed by atoms with Gasteiger partial charge in [0.2, 0.25) is 0 Å². The molecule has 1 atom stereocenters. The third-order valence-corrected chi connectivity index (χ3v) is 3.66. The van der Waals surface area contributed by atoms with Gasteiger partial charge in [-0.25, -0.2) is 4.68 Å². The lowest BCUT2D eigenvalue weighted by Gasteiger charge is -2.33. The molecule has 0 saturated carbocycles. The van der Waals surface area contributed by atoms with Gasteiger partial charge in [0.05, 0.1) is 24.9 Å². The molecule has 1 fully saturated rings. The summed E-state index contributed by atoms with van der Waals surface area (Å²) in [6.45, 7) is 9.25. The third kappa shape index (κ3) is 5.04. The van der Waals surface area contributed by atoms with Crippen LogP contribution in [-0.2, 0) is 17.7 Å². The molecule has 0 aromatic carbocycles. The van der Waals surface area contributed by atoms with Crippen molar-refractivity contribution in [1.82, 2.24) is 19.9 Å². The monoisotopic (exact) mass is 300 g/mol. The molecule has 1 unspecified atom stereocenters. The van der Waals surface area contributed by atoms with Crippen LogP contribution in [0.5, 0.6) is 0 Å². The quantitative estimate of drug-likeness (QED) is 0.720. The molecule has 1 aliphatic rings. The van der Waals surface area contributed by atoms with Crippen molar-refractivity contribution in [1.29, 1.82) is 0 Å². The number of aromatic nitrogens is 3. The zero-order valence-corrected chi connectivity index (χ0v) is 13.2. The van der Waals surface area contributed by atoms with Gasteiger partial charge in [-0.2, -0.15) is 0 Å². The van der Waals surface area contributed by atoms with Gasteiger partial charge >= 0.3 is 0 Å². The first kappa shape index (κ1) is 15.7. The van der Waals surface area contributed by atoms with E-state index in [9.17, 15) is 0 Å². The standard InChI is InChI=1S/C14H25ClN4O/c1-12(2)8-18-6-7-20-14(10-18)11-19-9-13(16-17-19)4-3-5-15/h9,12,14H,3-8,10-11H2,1-2H3. The summed E-state index contributed by atoms with van der Waals surface area (Å²) in [5.41, 5.74) is 1.01. The van der Waals surface area contributed by atoms with Crippen molar-refractivity contribution < 1.29 is 4.74 Å². The number of ether oxygens (including phenoxy) is 1. The number of alkyl halides is 1. The maximum absolute atomic E-state index is 5.83. The number of rotatable bonds is 7. The highest BCUT2D eigenvalue weighted by Crippen LogP contribution is 2.10. The van der Waals surface area contributed by atoms with Gasteiger partial charge in [-0.15, -0.1) is 16.7 Å². The maximum atomic E-state index is 5.83. The molecule has 1 saturated heterocycles. The van der Waals surface area contributed by atoms with E-state index in [0.717, 1.165) is 51.3 Å². The zero-order chi connectivity index (χ0) is 14.4. The summed E-state index contributed by atoms with van der Waals surface area (Å²) in [6.07, 6.45) is 4.07. The Morgan fingerprint density at radius 2 is 2.35 bits per heavy atom. The second-order valence-electron chi connectivity index (χ2n) is 5.87. The molecular formula is C14H25ClN4O. The molecule has 20 heavy (non-hydrogen) atoms. The molecule has 2 heterocycles. The van der Waals surface area contributed by atoms with Gasteiger partial charge in [0.1, 0.15) is 0 Å². The normalized spacial score (nSPS) is 20.7. The summed E-state index contributed by atoms with van der Waals surface area (Å²) in [5.74, 6) is 1.37. The fraction of sp³-hybridized carbons (Fsp3) is 0.857. The van der Waals surface area contributed by atoms with Crippen LogP contribution in [0.1, 0.15) is 26.0 Å². The smallest absolute Gasteiger partial charge is 0.0898 e. The Labute approximate surface area is 126 Å². The van der Waals surface area contributed by atoms with Crippen LogP contribution in [0.25, 0.3) is 0 Å². The number of aryl methyl sites for hydroxylation is 1. The molecule has 114 valence electrons. The number of hydrogen-bond donors (Lipinski definition) is 0. The van der Waals surface area contributed by atoms with Gasteiger partial charge < -0.3 is 4.74 Å². The number of morpholine rings is 1. The topological polar surface area (TPSA) is 43.2 Å². The lowest BCUT2D eigenvalue weighted by molar-refractivity contribution is -0.0406. The molecule has 1 aromatic rings. The minimum atomic E-state index is 0.213. The second-order valence-corrected chi connectivity index (χ2v) is 6.25. The van der Waals surface area contributed by atoms with E-state index >= 15 is 0 Å². The maximum Gasteiger partial charge on any atom is 0.0898 e. The van der Waals surface area contributed by atoms with Crippen molar-refractivity contribution in [2.24, 2.45) is 5.92 Å². The lowest BCUT2D eigenvalue weighted by Crippen LogP contribution is -2.45. The average molecular weight is 301 g/mol. The minimum absolute atomic E-state index is 0.213. The molecule has 0 amide bonds. The van der Waals surface area contributed by atoms with Crippen LogP contribution in [0, 0.1) is 5.92 Å².